The van der Waals surface area contributed by atoms with Crippen LogP contribution in [0.1, 0.15) is 0 Å². The van der Waals surface area contributed by atoms with Gasteiger partial charge in [-0.2, -0.15) is 0 Å². The fraction of sp³-hybridized carbons (Fsp3) is 0. The standard InChI is InChI=1S/C54H35NS2/c1-4-12-36(13-5-1)38-20-22-39(23-21-38)40-24-27-43(28-25-40)55(44-29-33-51-48(35-44)46-30-26-42(34-52(46)56-51)37-14-6-2-7-15-37)49-32-31-45(41-16-8-3-9-17-41)54-53(49)47-18-10-11-19-50(47)57-54/h1-35H. The van der Waals surface area contributed by atoms with Gasteiger partial charge in [0.1, 0.15) is 0 Å². The van der Waals surface area contributed by atoms with Gasteiger partial charge in [-0.05, 0) is 93.0 Å². The van der Waals surface area contributed by atoms with Gasteiger partial charge in [-0.3, -0.25) is 0 Å². The maximum Gasteiger partial charge on any atom is 0.0555 e. The average molecular weight is 762 g/mol. The average Bonchev–Trinajstić information content (AvgIpc) is 3.86. The highest BCUT2D eigenvalue weighted by Gasteiger charge is 2.22. The van der Waals surface area contributed by atoms with Crippen LogP contribution < -0.4 is 4.90 Å². The molecule has 2 aromatic heterocycles. The van der Waals surface area contributed by atoms with Gasteiger partial charge in [-0.15, -0.1) is 22.7 Å². The number of thiophene rings is 2. The van der Waals surface area contributed by atoms with Crippen LogP contribution in [0, 0.1) is 0 Å². The summed E-state index contributed by atoms with van der Waals surface area (Å²) in [7, 11) is 0. The molecular formula is C54H35NS2. The summed E-state index contributed by atoms with van der Waals surface area (Å²) in [5, 5.41) is 5.12. The summed E-state index contributed by atoms with van der Waals surface area (Å²) in [5.41, 5.74) is 13.3. The molecule has 11 aromatic rings. The van der Waals surface area contributed by atoms with Crippen molar-refractivity contribution >= 4 is 80.1 Å². The molecular weight excluding hydrogens is 727 g/mol. The number of hydrogen-bond donors (Lipinski definition) is 0. The van der Waals surface area contributed by atoms with E-state index in [1.807, 2.05) is 22.7 Å². The molecule has 0 unspecified atom stereocenters. The first kappa shape index (κ1) is 33.5. The molecule has 11 rings (SSSR count). The van der Waals surface area contributed by atoms with Crippen molar-refractivity contribution in [1.29, 1.82) is 0 Å². The zero-order valence-electron chi connectivity index (χ0n) is 31.0. The molecule has 1 nitrogen and oxygen atoms in total. The molecule has 2 heterocycles. The first-order chi connectivity index (χ1) is 28.2. The number of benzene rings is 9. The van der Waals surface area contributed by atoms with E-state index in [1.165, 1.54) is 90.5 Å². The molecule has 0 saturated heterocycles. The lowest BCUT2D eigenvalue weighted by molar-refractivity contribution is 1.31. The smallest absolute Gasteiger partial charge is 0.0555 e. The van der Waals surface area contributed by atoms with Gasteiger partial charge in [-0.1, -0.05) is 164 Å². The van der Waals surface area contributed by atoms with E-state index in [2.05, 4.69) is 217 Å². The molecule has 0 radical (unpaired) electrons. The van der Waals surface area contributed by atoms with Crippen molar-refractivity contribution in [1.82, 2.24) is 0 Å². The molecule has 0 aliphatic heterocycles. The van der Waals surface area contributed by atoms with Crippen molar-refractivity contribution in [2.75, 3.05) is 4.90 Å². The van der Waals surface area contributed by atoms with Gasteiger partial charge >= 0.3 is 0 Å². The van der Waals surface area contributed by atoms with E-state index in [-0.39, 0.29) is 0 Å². The molecule has 0 aliphatic rings. The van der Waals surface area contributed by atoms with Crippen LogP contribution in [-0.4, -0.2) is 0 Å². The van der Waals surface area contributed by atoms with E-state index < -0.39 is 0 Å². The second kappa shape index (κ2) is 14.1. The molecule has 0 N–H and O–H groups in total. The van der Waals surface area contributed by atoms with Crippen molar-refractivity contribution in [3.05, 3.63) is 212 Å². The van der Waals surface area contributed by atoms with Gasteiger partial charge in [-0.25, -0.2) is 0 Å². The lowest BCUT2D eigenvalue weighted by atomic mass is 9.99. The Kier molecular flexibility index (Phi) is 8.28. The second-order valence-corrected chi connectivity index (χ2v) is 16.6. The molecule has 0 saturated carbocycles. The number of nitrogens with zero attached hydrogens (tertiary/aromatic N) is 1. The minimum Gasteiger partial charge on any atom is -0.310 e. The lowest BCUT2D eigenvalue weighted by Gasteiger charge is -2.27. The Labute approximate surface area is 340 Å². The molecule has 0 atom stereocenters. The maximum atomic E-state index is 2.47. The summed E-state index contributed by atoms with van der Waals surface area (Å²) < 4.78 is 5.19. The Hall–Kier alpha value is -6.78. The Morgan fingerprint density at radius 2 is 0.825 bits per heavy atom. The van der Waals surface area contributed by atoms with Gasteiger partial charge in [0, 0.05) is 51.7 Å². The summed E-state index contributed by atoms with van der Waals surface area (Å²) in [6.07, 6.45) is 0. The number of rotatable bonds is 7. The first-order valence-electron chi connectivity index (χ1n) is 19.3. The van der Waals surface area contributed by atoms with Gasteiger partial charge in [0.2, 0.25) is 0 Å². The van der Waals surface area contributed by atoms with Crippen LogP contribution in [-0.2, 0) is 0 Å². The highest BCUT2D eigenvalue weighted by atomic mass is 32.1. The number of fused-ring (bicyclic) bond motifs is 6. The third kappa shape index (κ3) is 6.00. The van der Waals surface area contributed by atoms with Crippen LogP contribution in [0.4, 0.5) is 17.1 Å². The fourth-order valence-corrected chi connectivity index (χ4v) is 10.7. The third-order valence-corrected chi connectivity index (χ3v) is 13.4. The highest BCUT2D eigenvalue weighted by molar-refractivity contribution is 7.26. The van der Waals surface area contributed by atoms with E-state index in [1.54, 1.807) is 0 Å². The Balaban J connectivity index is 1.08. The minimum absolute atomic E-state index is 1.12. The van der Waals surface area contributed by atoms with E-state index in [9.17, 15) is 0 Å². The Morgan fingerprint density at radius 1 is 0.298 bits per heavy atom. The summed E-state index contributed by atoms with van der Waals surface area (Å²) in [6, 6.07) is 77.5. The lowest BCUT2D eigenvalue weighted by Crippen LogP contribution is -2.10. The normalized spacial score (nSPS) is 11.5. The first-order valence-corrected chi connectivity index (χ1v) is 21.0. The summed E-state index contributed by atoms with van der Waals surface area (Å²) in [4.78, 5) is 2.47. The van der Waals surface area contributed by atoms with E-state index in [4.69, 9.17) is 0 Å². The molecule has 0 amide bonds. The monoisotopic (exact) mass is 761 g/mol. The molecule has 0 aliphatic carbocycles. The summed E-state index contributed by atoms with van der Waals surface area (Å²) in [5.74, 6) is 0. The summed E-state index contributed by atoms with van der Waals surface area (Å²) in [6.45, 7) is 0. The topological polar surface area (TPSA) is 3.24 Å². The van der Waals surface area contributed by atoms with Crippen molar-refractivity contribution < 1.29 is 0 Å². The Morgan fingerprint density at radius 3 is 1.51 bits per heavy atom. The number of hydrogen-bond acceptors (Lipinski definition) is 3. The molecule has 3 heteroatoms. The molecule has 0 fully saturated rings. The minimum atomic E-state index is 1.12. The largest absolute Gasteiger partial charge is 0.310 e. The number of anilines is 3. The van der Waals surface area contributed by atoms with Crippen molar-refractivity contribution in [2.24, 2.45) is 0 Å². The Bertz CT molecular complexity index is 3200. The van der Waals surface area contributed by atoms with E-state index in [0.717, 1.165) is 11.4 Å². The van der Waals surface area contributed by atoms with Crippen molar-refractivity contribution in [2.45, 2.75) is 0 Å². The van der Waals surface area contributed by atoms with E-state index >= 15 is 0 Å². The second-order valence-electron chi connectivity index (χ2n) is 14.5. The fourth-order valence-electron chi connectivity index (χ4n) is 8.27. The van der Waals surface area contributed by atoms with Crippen LogP contribution in [0.25, 0.3) is 84.9 Å². The third-order valence-electron chi connectivity index (χ3n) is 11.1. The predicted molar refractivity (Wildman–Crippen MR) is 249 cm³/mol. The van der Waals surface area contributed by atoms with Crippen LogP contribution >= 0.6 is 22.7 Å². The molecule has 9 aromatic carbocycles. The van der Waals surface area contributed by atoms with Crippen molar-refractivity contribution in [3.63, 3.8) is 0 Å². The van der Waals surface area contributed by atoms with Crippen LogP contribution in [0.5, 0.6) is 0 Å². The molecule has 0 bridgehead atoms. The quantitative estimate of drug-likeness (QED) is 0.156. The zero-order valence-corrected chi connectivity index (χ0v) is 32.6. The maximum absolute atomic E-state index is 2.47. The van der Waals surface area contributed by atoms with Crippen LogP contribution in [0.2, 0.25) is 0 Å². The van der Waals surface area contributed by atoms with Crippen LogP contribution in [0.15, 0.2) is 212 Å². The van der Waals surface area contributed by atoms with Crippen LogP contribution in [0.3, 0.4) is 0 Å². The van der Waals surface area contributed by atoms with E-state index in [0.29, 0.717) is 0 Å². The zero-order chi connectivity index (χ0) is 37.7. The molecule has 57 heavy (non-hydrogen) atoms. The SMILES string of the molecule is c1ccc(-c2ccc(-c3ccc(N(c4ccc5sc6cc(-c7ccccc7)ccc6c5c4)c4ccc(-c5ccccc5)c5sc6ccccc6c45)cc3)cc2)cc1. The van der Waals surface area contributed by atoms with Gasteiger partial charge < -0.3 is 4.90 Å². The summed E-state index contributed by atoms with van der Waals surface area (Å²) >= 11 is 3.75. The van der Waals surface area contributed by atoms with Gasteiger partial charge in [0.05, 0.1) is 5.69 Å². The van der Waals surface area contributed by atoms with Gasteiger partial charge in [0.25, 0.3) is 0 Å². The van der Waals surface area contributed by atoms with Gasteiger partial charge in [0.15, 0.2) is 0 Å². The molecule has 268 valence electrons. The molecule has 0 spiro atoms. The van der Waals surface area contributed by atoms with Crippen molar-refractivity contribution in [3.8, 4) is 44.5 Å². The predicted octanol–water partition coefficient (Wildman–Crippen LogP) is 16.6. The highest BCUT2D eigenvalue weighted by Crippen LogP contribution is 2.49.